The summed E-state index contributed by atoms with van der Waals surface area (Å²) in [5, 5.41) is 4.52. The first-order valence-electron chi connectivity index (χ1n) is 12.5. The van der Waals surface area contributed by atoms with Crippen molar-refractivity contribution >= 4 is 52.2 Å². The fourth-order valence-electron chi connectivity index (χ4n) is 4.13. The lowest BCUT2D eigenvalue weighted by molar-refractivity contribution is -0.118. The number of benzene rings is 3. The first-order valence-corrected chi connectivity index (χ1v) is 14.3. The normalized spacial score (nSPS) is 11.0. The van der Waals surface area contributed by atoms with Gasteiger partial charge in [-0.15, -0.1) is 0 Å². The zero-order valence-electron chi connectivity index (χ0n) is 21.6. The standard InChI is InChI=1S/C30H26ClFN4O3S/c1-40-12-11-36(19-37)16-24-7-10-28(39-24)21-5-8-27-25(14-21)30(34-18-33-27)35-23-6-9-29(26(31)15-23)38-17-20-3-2-4-22(32)13-20/h2-10,13-15,18-19H,11-12,16-17H2,1H3,(H,33,34,35). The van der Waals surface area contributed by atoms with Crippen molar-refractivity contribution in [3.63, 3.8) is 0 Å². The van der Waals surface area contributed by atoms with E-state index in [0.29, 0.717) is 52.5 Å². The van der Waals surface area contributed by atoms with Crippen LogP contribution in [0.25, 0.3) is 22.2 Å². The number of carbonyl (C=O) groups excluding carboxylic acids is 1. The van der Waals surface area contributed by atoms with Gasteiger partial charge in [-0.3, -0.25) is 4.79 Å². The van der Waals surface area contributed by atoms with Crippen LogP contribution in [-0.2, 0) is 17.9 Å². The summed E-state index contributed by atoms with van der Waals surface area (Å²) in [7, 11) is 0. The first kappa shape index (κ1) is 27.5. The molecule has 3 aromatic carbocycles. The number of carbonyl (C=O) groups is 1. The van der Waals surface area contributed by atoms with E-state index in [2.05, 4.69) is 15.3 Å². The second-order valence-electron chi connectivity index (χ2n) is 8.98. The maximum absolute atomic E-state index is 13.4. The third-order valence-electron chi connectivity index (χ3n) is 6.15. The summed E-state index contributed by atoms with van der Waals surface area (Å²) in [5.41, 5.74) is 3.05. The van der Waals surface area contributed by atoms with E-state index in [1.54, 1.807) is 40.9 Å². The highest BCUT2D eigenvalue weighted by atomic mass is 35.5. The number of nitrogens with zero attached hydrogens (tertiary/aromatic N) is 3. The molecule has 7 nitrogen and oxygen atoms in total. The SMILES string of the molecule is CSCCN(C=O)Cc1ccc(-c2ccc3ncnc(Nc4ccc(OCc5cccc(F)c5)c(Cl)c4)c3c2)o1. The number of anilines is 2. The van der Waals surface area contributed by atoms with Crippen molar-refractivity contribution in [2.75, 3.05) is 23.9 Å². The van der Waals surface area contributed by atoms with E-state index in [4.69, 9.17) is 20.8 Å². The van der Waals surface area contributed by atoms with E-state index in [1.165, 1.54) is 18.5 Å². The van der Waals surface area contributed by atoms with Gasteiger partial charge in [0.15, 0.2) is 0 Å². The van der Waals surface area contributed by atoms with Crippen molar-refractivity contribution in [3.05, 3.63) is 101 Å². The minimum absolute atomic E-state index is 0.197. The summed E-state index contributed by atoms with van der Waals surface area (Å²) in [5.74, 6) is 3.04. The van der Waals surface area contributed by atoms with E-state index in [9.17, 15) is 9.18 Å². The smallest absolute Gasteiger partial charge is 0.210 e. The molecule has 2 aromatic heterocycles. The van der Waals surface area contributed by atoms with E-state index in [1.807, 2.05) is 42.7 Å². The van der Waals surface area contributed by atoms with Crippen molar-refractivity contribution in [1.29, 1.82) is 0 Å². The number of nitrogens with one attached hydrogen (secondary N) is 1. The van der Waals surface area contributed by atoms with Gasteiger partial charge in [0.05, 0.1) is 17.1 Å². The van der Waals surface area contributed by atoms with Crippen LogP contribution < -0.4 is 10.1 Å². The fraction of sp³-hybridized carbons (Fsp3) is 0.167. The Morgan fingerprint density at radius 1 is 1.10 bits per heavy atom. The van der Waals surface area contributed by atoms with Gasteiger partial charge in [-0.2, -0.15) is 11.8 Å². The molecule has 5 aromatic rings. The highest BCUT2D eigenvalue weighted by molar-refractivity contribution is 7.98. The minimum Gasteiger partial charge on any atom is -0.487 e. The molecule has 1 N–H and O–H groups in total. The number of hydrogen-bond acceptors (Lipinski definition) is 7. The van der Waals surface area contributed by atoms with E-state index in [0.717, 1.165) is 28.6 Å². The van der Waals surface area contributed by atoms with Crippen LogP contribution in [0.3, 0.4) is 0 Å². The Bertz CT molecular complexity index is 1630. The largest absolute Gasteiger partial charge is 0.487 e. The number of hydrogen-bond donors (Lipinski definition) is 1. The van der Waals surface area contributed by atoms with Crippen LogP contribution >= 0.6 is 23.4 Å². The highest BCUT2D eigenvalue weighted by Gasteiger charge is 2.12. The lowest BCUT2D eigenvalue weighted by atomic mass is 10.1. The molecule has 0 radical (unpaired) electrons. The molecule has 0 aliphatic heterocycles. The molecule has 0 fully saturated rings. The number of ether oxygens (including phenoxy) is 1. The number of rotatable bonds is 12. The zero-order valence-corrected chi connectivity index (χ0v) is 23.2. The topological polar surface area (TPSA) is 80.5 Å². The molecule has 204 valence electrons. The molecule has 5 rings (SSSR count). The number of aromatic nitrogens is 2. The Labute approximate surface area is 240 Å². The lowest BCUT2D eigenvalue weighted by Crippen LogP contribution is -2.23. The van der Waals surface area contributed by atoms with Crippen LogP contribution in [-0.4, -0.2) is 39.8 Å². The van der Waals surface area contributed by atoms with Crippen molar-refractivity contribution in [3.8, 4) is 17.1 Å². The second-order valence-corrected chi connectivity index (χ2v) is 10.4. The van der Waals surface area contributed by atoms with Gasteiger partial charge in [0, 0.05) is 28.9 Å². The molecule has 0 aliphatic rings. The number of amides is 1. The number of thioether (sulfide) groups is 1. The Hall–Kier alpha value is -4.08. The molecule has 0 saturated carbocycles. The molecule has 2 heterocycles. The number of halogens is 2. The van der Waals surface area contributed by atoms with Gasteiger partial charge in [-0.05, 0) is 72.5 Å². The Morgan fingerprint density at radius 2 is 2.00 bits per heavy atom. The van der Waals surface area contributed by atoms with E-state index in [-0.39, 0.29) is 12.4 Å². The Balaban J connectivity index is 1.32. The van der Waals surface area contributed by atoms with Gasteiger partial charge in [0.1, 0.15) is 41.8 Å². The summed E-state index contributed by atoms with van der Waals surface area (Å²) >= 11 is 8.17. The summed E-state index contributed by atoms with van der Waals surface area (Å²) < 4.78 is 25.3. The predicted molar refractivity (Wildman–Crippen MR) is 158 cm³/mol. The van der Waals surface area contributed by atoms with Crippen LogP contribution in [0, 0.1) is 5.82 Å². The molecule has 0 unspecified atom stereocenters. The molecular formula is C30H26ClFN4O3S. The van der Waals surface area contributed by atoms with Crippen LogP contribution in [0.4, 0.5) is 15.9 Å². The molecule has 1 amide bonds. The van der Waals surface area contributed by atoms with Gasteiger partial charge < -0.3 is 19.4 Å². The molecule has 10 heteroatoms. The highest BCUT2D eigenvalue weighted by Crippen LogP contribution is 2.33. The van der Waals surface area contributed by atoms with Crippen LogP contribution in [0.5, 0.6) is 5.75 Å². The third-order valence-corrected chi connectivity index (χ3v) is 7.04. The van der Waals surface area contributed by atoms with Crippen LogP contribution in [0.2, 0.25) is 5.02 Å². The molecule has 0 saturated heterocycles. The molecule has 40 heavy (non-hydrogen) atoms. The van der Waals surface area contributed by atoms with Gasteiger partial charge in [-0.1, -0.05) is 23.7 Å². The summed E-state index contributed by atoms with van der Waals surface area (Å²) in [6.45, 7) is 1.27. The minimum atomic E-state index is -0.314. The second kappa shape index (κ2) is 12.8. The Kier molecular flexibility index (Phi) is 8.83. The Morgan fingerprint density at radius 3 is 2.80 bits per heavy atom. The van der Waals surface area contributed by atoms with Crippen LogP contribution in [0.15, 0.2) is 83.5 Å². The predicted octanol–water partition coefficient (Wildman–Crippen LogP) is 7.33. The zero-order chi connectivity index (χ0) is 27.9. The van der Waals surface area contributed by atoms with Crippen molar-refractivity contribution < 1.29 is 18.3 Å². The fourth-order valence-corrected chi connectivity index (χ4v) is 4.78. The summed E-state index contributed by atoms with van der Waals surface area (Å²) in [6.07, 6.45) is 4.35. The lowest BCUT2D eigenvalue weighted by Gasteiger charge is -2.14. The first-order chi connectivity index (χ1) is 19.5. The monoisotopic (exact) mass is 576 g/mol. The molecule has 0 bridgehead atoms. The van der Waals surface area contributed by atoms with Crippen molar-refractivity contribution in [2.45, 2.75) is 13.2 Å². The molecule has 0 atom stereocenters. The summed E-state index contributed by atoms with van der Waals surface area (Å²) in [4.78, 5) is 21.9. The average Bonchev–Trinajstić information content (AvgIpc) is 3.43. The number of furan rings is 1. The maximum Gasteiger partial charge on any atom is 0.210 e. The number of fused-ring (bicyclic) bond motifs is 1. The van der Waals surface area contributed by atoms with Gasteiger partial charge >= 0.3 is 0 Å². The third kappa shape index (κ3) is 6.73. The van der Waals surface area contributed by atoms with E-state index < -0.39 is 0 Å². The van der Waals surface area contributed by atoms with Gasteiger partial charge in [0.25, 0.3) is 0 Å². The van der Waals surface area contributed by atoms with Gasteiger partial charge in [0.2, 0.25) is 6.41 Å². The van der Waals surface area contributed by atoms with Gasteiger partial charge in [-0.25, -0.2) is 14.4 Å². The quantitative estimate of drug-likeness (QED) is 0.156. The van der Waals surface area contributed by atoms with E-state index >= 15 is 0 Å². The van der Waals surface area contributed by atoms with Crippen molar-refractivity contribution in [2.24, 2.45) is 0 Å². The molecular weight excluding hydrogens is 551 g/mol. The molecule has 0 aliphatic carbocycles. The average molecular weight is 577 g/mol. The van der Waals surface area contributed by atoms with Crippen molar-refractivity contribution in [1.82, 2.24) is 14.9 Å². The molecule has 0 spiro atoms. The maximum atomic E-state index is 13.4. The van der Waals surface area contributed by atoms with Crippen LogP contribution in [0.1, 0.15) is 11.3 Å². The summed E-state index contributed by atoms with van der Waals surface area (Å²) in [6, 6.07) is 21.2.